The smallest absolute Gasteiger partial charge is 0.0717 e. The lowest BCUT2D eigenvalue weighted by Gasteiger charge is -2.08. The van der Waals surface area contributed by atoms with Crippen molar-refractivity contribution < 1.29 is 4.74 Å². The van der Waals surface area contributed by atoms with Crippen molar-refractivity contribution in [2.75, 3.05) is 6.61 Å². The van der Waals surface area contributed by atoms with Gasteiger partial charge in [0.1, 0.15) is 0 Å². The Balaban J connectivity index is 1.75. The summed E-state index contributed by atoms with van der Waals surface area (Å²) in [5.74, 6) is 0. The van der Waals surface area contributed by atoms with Crippen molar-refractivity contribution in [1.29, 1.82) is 0 Å². The zero-order valence-corrected chi connectivity index (χ0v) is 12.0. The van der Waals surface area contributed by atoms with E-state index in [-0.39, 0.29) is 6.04 Å². The normalized spacial score (nSPS) is 12.7. The summed E-state index contributed by atoms with van der Waals surface area (Å²) in [4.78, 5) is 0. The molecule has 0 fully saturated rings. The molecule has 0 saturated carbocycles. The van der Waals surface area contributed by atoms with Gasteiger partial charge in [-0.05, 0) is 23.3 Å². The van der Waals surface area contributed by atoms with Crippen LogP contribution in [0.2, 0.25) is 5.02 Å². The maximum Gasteiger partial charge on any atom is 0.0717 e. The van der Waals surface area contributed by atoms with E-state index < -0.39 is 0 Å². The Labute approximate surface area is 124 Å². The third-order valence-corrected chi connectivity index (χ3v) is 3.08. The van der Waals surface area contributed by atoms with E-state index in [1.165, 1.54) is 0 Å². The van der Waals surface area contributed by atoms with Gasteiger partial charge in [0.05, 0.1) is 13.2 Å². The molecule has 0 bridgehead atoms. The fourth-order valence-corrected chi connectivity index (χ4v) is 1.88. The average molecular weight is 288 g/mol. The molecule has 0 saturated heterocycles. The Morgan fingerprint density at radius 2 is 1.75 bits per heavy atom. The third-order valence-electron chi connectivity index (χ3n) is 2.83. The highest BCUT2D eigenvalue weighted by Gasteiger charge is 1.98. The Morgan fingerprint density at radius 1 is 1.05 bits per heavy atom. The van der Waals surface area contributed by atoms with Gasteiger partial charge in [-0.1, -0.05) is 66.2 Å². The second kappa shape index (κ2) is 7.85. The number of benzene rings is 2. The maximum absolute atomic E-state index is 5.98. The molecule has 2 rings (SSSR count). The van der Waals surface area contributed by atoms with Crippen LogP contribution in [0.5, 0.6) is 0 Å². The molecule has 3 heteroatoms. The van der Waals surface area contributed by atoms with Gasteiger partial charge in [0, 0.05) is 11.1 Å². The molecule has 104 valence electrons. The van der Waals surface area contributed by atoms with Gasteiger partial charge in [0.25, 0.3) is 0 Å². The van der Waals surface area contributed by atoms with Crippen molar-refractivity contribution in [2.45, 2.75) is 12.6 Å². The van der Waals surface area contributed by atoms with Gasteiger partial charge in [-0.3, -0.25) is 0 Å². The molecular formula is C17H18ClNO. The Bertz CT molecular complexity index is 537. The topological polar surface area (TPSA) is 35.2 Å². The summed E-state index contributed by atoms with van der Waals surface area (Å²) in [6.07, 6.45) is 3.92. The highest BCUT2D eigenvalue weighted by atomic mass is 35.5. The van der Waals surface area contributed by atoms with Crippen LogP contribution in [-0.4, -0.2) is 12.6 Å². The average Bonchev–Trinajstić information content (AvgIpc) is 2.48. The molecule has 0 aliphatic carbocycles. The van der Waals surface area contributed by atoms with E-state index in [0.717, 1.165) is 16.1 Å². The summed E-state index contributed by atoms with van der Waals surface area (Å²) in [5.41, 5.74) is 8.21. The predicted molar refractivity (Wildman–Crippen MR) is 84.6 cm³/mol. The third kappa shape index (κ3) is 5.17. The molecule has 2 aromatic carbocycles. The van der Waals surface area contributed by atoms with Gasteiger partial charge in [0.15, 0.2) is 0 Å². The maximum atomic E-state index is 5.98. The molecule has 0 aromatic heterocycles. The molecule has 2 N–H and O–H groups in total. The summed E-state index contributed by atoms with van der Waals surface area (Å²) in [7, 11) is 0. The van der Waals surface area contributed by atoms with E-state index in [0.29, 0.717) is 13.2 Å². The lowest BCUT2D eigenvalue weighted by molar-refractivity contribution is 0.116. The van der Waals surface area contributed by atoms with E-state index in [1.54, 1.807) is 0 Å². The zero-order chi connectivity index (χ0) is 14.2. The lowest BCUT2D eigenvalue weighted by atomic mass is 10.2. The Hall–Kier alpha value is -1.61. The predicted octanol–water partition coefficient (Wildman–Crippen LogP) is 3.90. The first kappa shape index (κ1) is 14.8. The van der Waals surface area contributed by atoms with Crippen molar-refractivity contribution in [3.63, 3.8) is 0 Å². The molecular weight excluding hydrogens is 270 g/mol. The fourth-order valence-electron chi connectivity index (χ4n) is 1.75. The Morgan fingerprint density at radius 3 is 2.45 bits per heavy atom. The molecule has 2 aromatic rings. The summed E-state index contributed by atoms with van der Waals surface area (Å²) >= 11 is 5.83. The van der Waals surface area contributed by atoms with Crippen molar-refractivity contribution in [2.24, 2.45) is 5.73 Å². The second-order valence-corrected chi connectivity index (χ2v) is 5.01. The summed E-state index contributed by atoms with van der Waals surface area (Å²) < 4.78 is 5.59. The first-order valence-corrected chi connectivity index (χ1v) is 6.93. The van der Waals surface area contributed by atoms with Crippen LogP contribution in [0.25, 0.3) is 6.08 Å². The molecule has 0 heterocycles. The van der Waals surface area contributed by atoms with Crippen LogP contribution in [0, 0.1) is 0 Å². The van der Waals surface area contributed by atoms with Gasteiger partial charge in [0.2, 0.25) is 0 Å². The minimum atomic E-state index is -0.116. The Kier molecular flexibility index (Phi) is 5.81. The van der Waals surface area contributed by atoms with Gasteiger partial charge >= 0.3 is 0 Å². The summed E-state index contributed by atoms with van der Waals surface area (Å²) in [5, 5.41) is 0.734. The number of nitrogens with two attached hydrogens (primary N) is 1. The molecule has 20 heavy (non-hydrogen) atoms. The highest BCUT2D eigenvalue weighted by Crippen LogP contribution is 2.10. The minimum absolute atomic E-state index is 0.116. The second-order valence-electron chi connectivity index (χ2n) is 4.58. The van der Waals surface area contributed by atoms with Gasteiger partial charge in [-0.15, -0.1) is 0 Å². The van der Waals surface area contributed by atoms with E-state index in [4.69, 9.17) is 22.1 Å². The number of halogens is 1. The fraction of sp³-hybridized carbons (Fsp3) is 0.176. The number of rotatable bonds is 6. The number of hydrogen-bond donors (Lipinski definition) is 1. The zero-order valence-electron chi connectivity index (χ0n) is 11.2. The summed E-state index contributed by atoms with van der Waals surface area (Å²) in [6.45, 7) is 1.09. The lowest BCUT2D eigenvalue weighted by Crippen LogP contribution is -2.23. The molecule has 0 amide bonds. The first-order chi connectivity index (χ1) is 9.74. The number of ether oxygens (including phenoxy) is 1. The van der Waals surface area contributed by atoms with Crippen LogP contribution in [-0.2, 0) is 11.3 Å². The minimum Gasteiger partial charge on any atom is -0.375 e. The highest BCUT2D eigenvalue weighted by molar-refractivity contribution is 6.30. The number of hydrogen-bond acceptors (Lipinski definition) is 2. The van der Waals surface area contributed by atoms with Crippen LogP contribution >= 0.6 is 11.6 Å². The van der Waals surface area contributed by atoms with Gasteiger partial charge < -0.3 is 10.5 Å². The molecule has 0 spiro atoms. The molecule has 1 atom stereocenters. The van der Waals surface area contributed by atoms with Crippen molar-refractivity contribution in [3.8, 4) is 0 Å². The standard InChI is InChI=1S/C17H18ClNO/c18-16-9-6-14(7-10-16)8-11-17(19)13-20-12-15-4-2-1-3-5-15/h1-11,17H,12-13,19H2/t17-/m0/s1. The van der Waals surface area contributed by atoms with Crippen molar-refractivity contribution >= 4 is 17.7 Å². The van der Waals surface area contributed by atoms with E-state index in [9.17, 15) is 0 Å². The first-order valence-electron chi connectivity index (χ1n) is 6.55. The molecule has 0 aliphatic heterocycles. The van der Waals surface area contributed by atoms with Crippen LogP contribution in [0.1, 0.15) is 11.1 Å². The monoisotopic (exact) mass is 287 g/mol. The largest absolute Gasteiger partial charge is 0.375 e. The van der Waals surface area contributed by atoms with Crippen LogP contribution < -0.4 is 5.73 Å². The molecule has 2 nitrogen and oxygen atoms in total. The molecule has 0 unspecified atom stereocenters. The van der Waals surface area contributed by atoms with Crippen molar-refractivity contribution in [3.05, 3.63) is 76.8 Å². The van der Waals surface area contributed by atoms with Gasteiger partial charge in [-0.25, -0.2) is 0 Å². The molecule has 0 aliphatic rings. The quantitative estimate of drug-likeness (QED) is 0.874. The van der Waals surface area contributed by atoms with Crippen molar-refractivity contribution in [1.82, 2.24) is 0 Å². The van der Waals surface area contributed by atoms with E-state index >= 15 is 0 Å². The van der Waals surface area contributed by atoms with Gasteiger partial charge in [-0.2, -0.15) is 0 Å². The van der Waals surface area contributed by atoms with E-state index in [2.05, 4.69) is 0 Å². The van der Waals surface area contributed by atoms with E-state index in [1.807, 2.05) is 66.7 Å². The molecule has 0 radical (unpaired) electrons. The van der Waals surface area contributed by atoms with Crippen LogP contribution in [0.15, 0.2) is 60.7 Å². The summed E-state index contributed by atoms with van der Waals surface area (Å²) in [6, 6.07) is 17.6. The SMILES string of the molecule is N[C@@H](C=Cc1ccc(Cl)cc1)COCc1ccccc1. The van der Waals surface area contributed by atoms with Crippen LogP contribution in [0.4, 0.5) is 0 Å². The van der Waals surface area contributed by atoms with Crippen LogP contribution in [0.3, 0.4) is 0 Å².